The van der Waals surface area contributed by atoms with Gasteiger partial charge in [0.2, 0.25) is 5.91 Å². The van der Waals surface area contributed by atoms with E-state index in [4.69, 9.17) is 5.73 Å². The molecule has 3 aromatic rings. The second kappa shape index (κ2) is 9.48. The Hall–Kier alpha value is -3.84. The molecular weight excluding hydrogens is 518 g/mol. The van der Waals surface area contributed by atoms with Crippen molar-refractivity contribution < 1.29 is 35.9 Å². The number of halogens is 6. The molecule has 2 amide bonds. The molecule has 14 heteroatoms. The van der Waals surface area contributed by atoms with Crippen molar-refractivity contribution in [2.24, 2.45) is 5.92 Å². The third kappa shape index (κ3) is 4.52. The number of rotatable bonds is 5. The predicted molar refractivity (Wildman–Crippen MR) is 123 cm³/mol. The number of nitrogens with zero attached hydrogens (tertiary/aromatic N) is 4. The molecule has 0 bridgehead atoms. The molecule has 8 nitrogen and oxygen atoms in total. The summed E-state index contributed by atoms with van der Waals surface area (Å²) in [7, 11) is 0. The van der Waals surface area contributed by atoms with Gasteiger partial charge in [-0.1, -0.05) is 12.1 Å². The summed E-state index contributed by atoms with van der Waals surface area (Å²) in [5.41, 5.74) is 3.85. The van der Waals surface area contributed by atoms with Crippen LogP contribution in [0.15, 0.2) is 30.6 Å². The second-order valence-corrected chi connectivity index (χ2v) is 9.46. The minimum Gasteiger partial charge on any atom is -0.382 e. The lowest BCUT2D eigenvalue weighted by Gasteiger charge is -2.31. The van der Waals surface area contributed by atoms with Crippen LogP contribution in [0.25, 0.3) is 16.8 Å². The van der Waals surface area contributed by atoms with Crippen LogP contribution in [0.1, 0.15) is 34.3 Å². The van der Waals surface area contributed by atoms with Gasteiger partial charge in [-0.25, -0.2) is 22.7 Å². The number of anilines is 1. The predicted octanol–water partition coefficient (Wildman–Crippen LogP) is 3.49. The molecule has 3 N–H and O–H groups in total. The van der Waals surface area contributed by atoms with E-state index in [-0.39, 0.29) is 54.2 Å². The van der Waals surface area contributed by atoms with Crippen LogP contribution in [-0.2, 0) is 17.6 Å². The fourth-order valence-electron chi connectivity index (χ4n) is 4.89. The molecule has 1 aliphatic heterocycles. The lowest BCUT2D eigenvalue weighted by atomic mass is 9.82. The zero-order valence-corrected chi connectivity index (χ0v) is 19.7. The molecule has 5 rings (SSSR count). The Morgan fingerprint density at radius 3 is 2.53 bits per heavy atom. The van der Waals surface area contributed by atoms with Crippen molar-refractivity contribution in [2.45, 2.75) is 44.1 Å². The molecular formula is C24H22F6N6O2. The number of nitrogens with two attached hydrogens (primary N) is 1. The molecule has 0 unspecified atom stereocenters. The molecule has 0 spiro atoms. The van der Waals surface area contributed by atoms with E-state index in [2.05, 4.69) is 15.4 Å². The zero-order valence-electron chi connectivity index (χ0n) is 19.7. The highest BCUT2D eigenvalue weighted by molar-refractivity contribution is 5.97. The van der Waals surface area contributed by atoms with Gasteiger partial charge in [0.15, 0.2) is 5.82 Å². The molecule has 1 saturated heterocycles. The molecule has 1 aliphatic carbocycles. The lowest BCUT2D eigenvalue weighted by molar-refractivity contribution is -0.139. The van der Waals surface area contributed by atoms with Gasteiger partial charge in [0.05, 0.1) is 23.8 Å². The fourth-order valence-corrected chi connectivity index (χ4v) is 4.89. The summed E-state index contributed by atoms with van der Waals surface area (Å²) < 4.78 is 83.5. The standard InChI is InChI=1S/C24H22F6N6O2/c25-7-12-2-1-11(19-6-16(24(28,29)30)20-21(31)32-10-33-36(19)20)5-15(12)22(37)34-18-9-35(8-17(18)27)23(38)13-3-14(26)4-13/h1-2,5-6,10,13-14,17-18H,3-4,7-9H2,(H,34,37)(H2,31,32,33)/t13?,14?,17-,18+/m0/s1. The number of hydrogen-bond acceptors (Lipinski definition) is 5. The Morgan fingerprint density at radius 2 is 1.87 bits per heavy atom. The van der Waals surface area contributed by atoms with Crippen LogP contribution in [-0.4, -0.2) is 62.8 Å². The highest BCUT2D eigenvalue weighted by atomic mass is 19.4. The minimum absolute atomic E-state index is 0.0675. The minimum atomic E-state index is -4.78. The van der Waals surface area contributed by atoms with Crippen molar-refractivity contribution in [2.75, 3.05) is 18.8 Å². The van der Waals surface area contributed by atoms with Crippen molar-refractivity contribution in [1.29, 1.82) is 0 Å². The highest BCUT2D eigenvalue weighted by Gasteiger charge is 2.43. The van der Waals surface area contributed by atoms with Gasteiger partial charge in [-0.05, 0) is 30.5 Å². The van der Waals surface area contributed by atoms with E-state index in [0.29, 0.717) is 0 Å². The first-order valence-electron chi connectivity index (χ1n) is 11.7. The van der Waals surface area contributed by atoms with Crippen molar-refractivity contribution >= 4 is 23.1 Å². The van der Waals surface area contributed by atoms with Crippen LogP contribution in [0.2, 0.25) is 0 Å². The number of carbonyl (C=O) groups excluding carboxylic acids is 2. The van der Waals surface area contributed by atoms with Crippen LogP contribution in [0.3, 0.4) is 0 Å². The van der Waals surface area contributed by atoms with E-state index >= 15 is 0 Å². The van der Waals surface area contributed by atoms with Crippen LogP contribution >= 0.6 is 0 Å². The summed E-state index contributed by atoms with van der Waals surface area (Å²) in [6, 6.07) is 3.46. The third-order valence-corrected chi connectivity index (χ3v) is 6.99. The molecule has 2 aliphatic rings. The maximum atomic E-state index is 14.7. The molecule has 1 aromatic carbocycles. The number of nitrogens with one attached hydrogen (secondary N) is 1. The van der Waals surface area contributed by atoms with Crippen molar-refractivity contribution in [3.8, 4) is 11.3 Å². The van der Waals surface area contributed by atoms with Gasteiger partial charge in [-0.15, -0.1) is 0 Å². The van der Waals surface area contributed by atoms with Crippen LogP contribution in [0, 0.1) is 5.92 Å². The molecule has 38 heavy (non-hydrogen) atoms. The number of benzene rings is 1. The average Bonchev–Trinajstić information content (AvgIpc) is 3.43. The number of carbonyl (C=O) groups is 2. The average molecular weight is 540 g/mol. The number of aromatic nitrogens is 3. The molecule has 1 saturated carbocycles. The first-order chi connectivity index (χ1) is 18.0. The Balaban J connectivity index is 1.43. The Bertz CT molecular complexity index is 1400. The molecule has 0 radical (unpaired) electrons. The van der Waals surface area contributed by atoms with E-state index < -0.39 is 60.0 Å². The number of amides is 2. The molecule has 202 valence electrons. The van der Waals surface area contributed by atoms with Crippen molar-refractivity contribution in [3.05, 3.63) is 47.3 Å². The normalized spacial score (nSPS) is 23.5. The van der Waals surface area contributed by atoms with Gasteiger partial charge < -0.3 is 16.0 Å². The van der Waals surface area contributed by atoms with Crippen LogP contribution in [0.4, 0.5) is 32.2 Å². The quantitative estimate of drug-likeness (QED) is 0.482. The number of hydrogen-bond donors (Lipinski definition) is 2. The number of alkyl halides is 6. The monoisotopic (exact) mass is 540 g/mol. The number of nitrogen functional groups attached to an aromatic ring is 1. The zero-order chi connectivity index (χ0) is 27.4. The first-order valence-corrected chi connectivity index (χ1v) is 11.7. The molecule has 3 heterocycles. The molecule has 2 fully saturated rings. The maximum absolute atomic E-state index is 14.7. The van der Waals surface area contributed by atoms with Crippen molar-refractivity contribution in [3.63, 3.8) is 0 Å². The largest absolute Gasteiger partial charge is 0.418 e. The van der Waals surface area contributed by atoms with E-state index in [1.54, 1.807) is 0 Å². The number of fused-ring (bicyclic) bond motifs is 1. The number of likely N-dealkylation sites (tertiary alicyclic amines) is 1. The Labute approximate surface area is 211 Å². The fraction of sp³-hybridized carbons (Fsp3) is 0.417. The smallest absolute Gasteiger partial charge is 0.382 e. The Morgan fingerprint density at radius 1 is 1.13 bits per heavy atom. The topological polar surface area (TPSA) is 106 Å². The summed E-state index contributed by atoms with van der Waals surface area (Å²) in [5.74, 6) is -2.17. The van der Waals surface area contributed by atoms with Gasteiger partial charge in [0, 0.05) is 23.6 Å². The van der Waals surface area contributed by atoms with E-state index in [9.17, 15) is 35.9 Å². The van der Waals surface area contributed by atoms with Crippen molar-refractivity contribution in [1.82, 2.24) is 24.8 Å². The summed E-state index contributed by atoms with van der Waals surface area (Å²) in [6.07, 6.45) is -6.31. The second-order valence-electron chi connectivity index (χ2n) is 9.46. The van der Waals surface area contributed by atoms with E-state index in [1.165, 1.54) is 23.1 Å². The van der Waals surface area contributed by atoms with Crippen LogP contribution in [0.5, 0.6) is 0 Å². The van der Waals surface area contributed by atoms with Gasteiger partial charge in [0.1, 0.15) is 30.9 Å². The van der Waals surface area contributed by atoms with Gasteiger partial charge in [-0.3, -0.25) is 9.59 Å². The third-order valence-electron chi connectivity index (χ3n) is 6.99. The summed E-state index contributed by atoms with van der Waals surface area (Å²) in [6.45, 7) is -1.48. The molecule has 2 aromatic heterocycles. The molecule has 2 atom stereocenters. The van der Waals surface area contributed by atoms with Crippen LogP contribution < -0.4 is 11.1 Å². The van der Waals surface area contributed by atoms with E-state index in [0.717, 1.165) is 16.9 Å². The maximum Gasteiger partial charge on any atom is 0.418 e. The Kier molecular flexibility index (Phi) is 6.43. The van der Waals surface area contributed by atoms with Gasteiger partial charge >= 0.3 is 6.18 Å². The van der Waals surface area contributed by atoms with Gasteiger partial charge in [0.25, 0.3) is 5.91 Å². The highest BCUT2D eigenvalue weighted by Crippen LogP contribution is 2.39. The summed E-state index contributed by atoms with van der Waals surface area (Å²) >= 11 is 0. The van der Waals surface area contributed by atoms with Gasteiger partial charge in [-0.2, -0.15) is 18.3 Å². The SMILES string of the molecule is Nc1ncnn2c(-c3ccc(CF)c(C(=O)N[C@@H]4CN(C(=O)C5CC(F)C5)C[C@@H]4F)c3)cc(C(F)(F)F)c12. The first kappa shape index (κ1) is 25.8. The lowest BCUT2D eigenvalue weighted by Crippen LogP contribution is -2.44. The van der Waals surface area contributed by atoms with E-state index in [1.807, 2.05) is 0 Å². The summed E-state index contributed by atoms with van der Waals surface area (Å²) in [5, 5.41) is 6.32. The summed E-state index contributed by atoms with van der Waals surface area (Å²) in [4.78, 5) is 30.4.